The molecule has 0 aromatic heterocycles. The monoisotopic (exact) mass is 519 g/mol. The quantitative estimate of drug-likeness (QED) is 0.0766. The molecule has 3 unspecified atom stereocenters. The number of carbonyl (C=O) groups excluding carboxylic acids is 1. The fraction of sp³-hybridized carbons (Fsp3) is 0.719. The Kier molecular flexibility index (Phi) is 26.1. The molecule has 0 bridgehead atoms. The lowest BCUT2D eigenvalue weighted by Gasteiger charge is -2.20. The lowest BCUT2D eigenvalue weighted by molar-refractivity contribution is -0.124. The van der Waals surface area contributed by atoms with Crippen molar-refractivity contribution in [1.82, 2.24) is 5.32 Å². The van der Waals surface area contributed by atoms with Gasteiger partial charge in [0.1, 0.15) is 0 Å². The molecule has 0 rings (SSSR count). The minimum Gasteiger partial charge on any atom is -0.394 e. The van der Waals surface area contributed by atoms with Crippen molar-refractivity contribution in [3.05, 3.63) is 48.6 Å². The van der Waals surface area contributed by atoms with Gasteiger partial charge < -0.3 is 20.6 Å². The topological polar surface area (TPSA) is 89.8 Å². The molecule has 37 heavy (non-hydrogen) atoms. The molecule has 0 aliphatic heterocycles. The number of carbonyl (C=O) groups is 1. The molecule has 0 fully saturated rings. The molecule has 0 saturated carbocycles. The summed E-state index contributed by atoms with van der Waals surface area (Å²) < 4.78 is 0. The molecule has 0 aromatic carbocycles. The van der Waals surface area contributed by atoms with Crippen LogP contribution in [-0.2, 0) is 4.79 Å². The summed E-state index contributed by atoms with van der Waals surface area (Å²) >= 11 is 0. The Bertz CT molecular complexity index is 626. The fourth-order valence-corrected chi connectivity index (χ4v) is 4.00. The molecule has 1 amide bonds. The Morgan fingerprint density at radius 2 is 1.22 bits per heavy atom. The number of aliphatic hydroxyl groups is 3. The number of unbranched alkanes of at least 4 members (excludes halogenated alkanes) is 12. The number of hydrogen-bond acceptors (Lipinski definition) is 4. The van der Waals surface area contributed by atoms with Gasteiger partial charge in [-0.25, -0.2) is 0 Å². The van der Waals surface area contributed by atoms with Crippen molar-refractivity contribution in [3.8, 4) is 0 Å². The van der Waals surface area contributed by atoms with Gasteiger partial charge in [0, 0.05) is 0 Å². The fourth-order valence-electron chi connectivity index (χ4n) is 4.00. The molecular weight excluding hydrogens is 462 g/mol. The molecule has 0 radical (unpaired) electrons. The zero-order valence-electron chi connectivity index (χ0n) is 23.8. The summed E-state index contributed by atoms with van der Waals surface area (Å²) in [6.07, 6.45) is 32.5. The van der Waals surface area contributed by atoms with Crippen LogP contribution in [0.15, 0.2) is 48.6 Å². The molecule has 214 valence electrons. The van der Waals surface area contributed by atoms with Gasteiger partial charge in [-0.3, -0.25) is 4.79 Å². The van der Waals surface area contributed by atoms with Gasteiger partial charge in [-0.2, -0.15) is 0 Å². The van der Waals surface area contributed by atoms with Crippen LogP contribution in [0.1, 0.15) is 123 Å². The van der Waals surface area contributed by atoms with Gasteiger partial charge in [0.2, 0.25) is 5.91 Å². The highest BCUT2D eigenvalue weighted by Gasteiger charge is 2.19. The largest absolute Gasteiger partial charge is 0.394 e. The van der Waals surface area contributed by atoms with E-state index in [0.717, 1.165) is 32.1 Å². The van der Waals surface area contributed by atoms with Crippen LogP contribution in [0, 0.1) is 0 Å². The Balaban J connectivity index is 4.03. The Labute approximate surface area is 227 Å². The van der Waals surface area contributed by atoms with E-state index in [1.165, 1.54) is 70.6 Å². The van der Waals surface area contributed by atoms with Crippen molar-refractivity contribution in [3.63, 3.8) is 0 Å². The molecule has 0 aliphatic carbocycles. The normalized spacial score (nSPS) is 14.8. The molecular formula is C32H57NO4. The standard InChI is InChI=1S/C32H57NO4/c1-3-5-7-9-11-13-15-17-19-21-23-25-29(35)27-32(37)33-30(28-34)31(36)26-24-22-20-18-16-14-12-10-8-6-4-2/h16-19,23-26,29-31,34-36H,3-15,20-22,27-28H2,1-2H3,(H,33,37)/b18-16+,19-17-,25-23-,26-24+. The summed E-state index contributed by atoms with van der Waals surface area (Å²) in [5, 5.41) is 32.6. The summed E-state index contributed by atoms with van der Waals surface area (Å²) in [6, 6.07) is -0.788. The van der Waals surface area contributed by atoms with Gasteiger partial charge in [0.15, 0.2) is 0 Å². The second kappa shape index (κ2) is 27.3. The molecule has 5 heteroatoms. The summed E-state index contributed by atoms with van der Waals surface area (Å²) in [5.74, 6) is -0.399. The summed E-state index contributed by atoms with van der Waals surface area (Å²) in [5.41, 5.74) is 0. The van der Waals surface area contributed by atoms with Crippen molar-refractivity contribution in [2.45, 2.75) is 141 Å². The maximum atomic E-state index is 12.2. The molecule has 0 saturated heterocycles. The maximum absolute atomic E-state index is 12.2. The summed E-state index contributed by atoms with van der Waals surface area (Å²) in [4.78, 5) is 12.2. The molecule has 4 N–H and O–H groups in total. The van der Waals surface area contributed by atoms with Crippen LogP contribution in [0.3, 0.4) is 0 Å². The van der Waals surface area contributed by atoms with Crippen molar-refractivity contribution < 1.29 is 20.1 Å². The van der Waals surface area contributed by atoms with Gasteiger partial charge in [-0.05, 0) is 44.9 Å². The van der Waals surface area contributed by atoms with E-state index < -0.39 is 24.2 Å². The van der Waals surface area contributed by atoms with E-state index in [-0.39, 0.29) is 13.0 Å². The highest BCUT2D eigenvalue weighted by atomic mass is 16.3. The van der Waals surface area contributed by atoms with E-state index in [1.54, 1.807) is 12.2 Å². The van der Waals surface area contributed by atoms with Gasteiger partial charge >= 0.3 is 0 Å². The smallest absolute Gasteiger partial charge is 0.223 e. The van der Waals surface area contributed by atoms with Gasteiger partial charge in [0.25, 0.3) is 0 Å². The number of nitrogens with one attached hydrogen (secondary N) is 1. The van der Waals surface area contributed by atoms with Crippen LogP contribution < -0.4 is 5.32 Å². The van der Waals surface area contributed by atoms with Crippen LogP contribution >= 0.6 is 0 Å². The van der Waals surface area contributed by atoms with Crippen molar-refractivity contribution in [2.24, 2.45) is 0 Å². The highest BCUT2D eigenvalue weighted by molar-refractivity contribution is 5.77. The van der Waals surface area contributed by atoms with E-state index in [9.17, 15) is 20.1 Å². The molecule has 3 atom stereocenters. The first-order chi connectivity index (χ1) is 18.0. The summed E-state index contributed by atoms with van der Waals surface area (Å²) in [6.45, 7) is 4.08. The first kappa shape index (κ1) is 35.3. The van der Waals surface area contributed by atoms with Gasteiger partial charge in [-0.1, -0.05) is 120 Å². The Morgan fingerprint density at radius 3 is 1.84 bits per heavy atom. The third kappa shape index (κ3) is 24.4. The first-order valence-corrected chi connectivity index (χ1v) is 14.9. The van der Waals surface area contributed by atoms with Crippen LogP contribution in [-0.4, -0.2) is 46.1 Å². The maximum Gasteiger partial charge on any atom is 0.223 e. The van der Waals surface area contributed by atoms with Crippen LogP contribution in [0.5, 0.6) is 0 Å². The van der Waals surface area contributed by atoms with Gasteiger partial charge in [-0.15, -0.1) is 0 Å². The van der Waals surface area contributed by atoms with E-state index in [1.807, 2.05) is 12.2 Å². The predicted molar refractivity (Wildman–Crippen MR) is 157 cm³/mol. The second-order valence-electron chi connectivity index (χ2n) is 9.99. The molecule has 0 aliphatic rings. The number of rotatable bonds is 25. The minimum atomic E-state index is -0.971. The predicted octanol–water partition coefficient (Wildman–Crippen LogP) is 7.08. The van der Waals surface area contributed by atoms with Crippen molar-refractivity contribution >= 4 is 5.91 Å². The third-order valence-electron chi connectivity index (χ3n) is 6.35. The highest BCUT2D eigenvalue weighted by Crippen LogP contribution is 2.08. The summed E-state index contributed by atoms with van der Waals surface area (Å²) in [7, 11) is 0. The zero-order chi connectivity index (χ0) is 27.4. The number of amides is 1. The van der Waals surface area contributed by atoms with E-state index in [2.05, 4.69) is 43.5 Å². The second-order valence-corrected chi connectivity index (χ2v) is 9.99. The van der Waals surface area contributed by atoms with E-state index in [4.69, 9.17) is 0 Å². The van der Waals surface area contributed by atoms with Crippen LogP contribution in [0.25, 0.3) is 0 Å². The molecule has 5 nitrogen and oxygen atoms in total. The average molecular weight is 520 g/mol. The Morgan fingerprint density at radius 1 is 0.676 bits per heavy atom. The lowest BCUT2D eigenvalue weighted by atomic mass is 10.1. The van der Waals surface area contributed by atoms with Gasteiger partial charge in [0.05, 0.1) is 31.3 Å². The minimum absolute atomic E-state index is 0.103. The van der Waals surface area contributed by atoms with Crippen molar-refractivity contribution in [1.29, 1.82) is 0 Å². The first-order valence-electron chi connectivity index (χ1n) is 14.9. The Hall–Kier alpha value is -1.69. The average Bonchev–Trinajstić information content (AvgIpc) is 2.88. The zero-order valence-corrected chi connectivity index (χ0v) is 23.8. The molecule has 0 heterocycles. The lowest BCUT2D eigenvalue weighted by Crippen LogP contribution is -2.45. The molecule has 0 spiro atoms. The third-order valence-corrected chi connectivity index (χ3v) is 6.35. The van der Waals surface area contributed by atoms with E-state index >= 15 is 0 Å². The van der Waals surface area contributed by atoms with E-state index in [0.29, 0.717) is 0 Å². The SMILES string of the molecule is CCCCCCC/C=C/CC/C=C/C(O)C(CO)NC(=O)CC(O)/C=C\C/C=C\CCCCCCCC. The number of allylic oxidation sites excluding steroid dienone is 6. The number of aliphatic hydroxyl groups excluding tert-OH is 3. The van der Waals surface area contributed by atoms with Crippen LogP contribution in [0.4, 0.5) is 0 Å². The number of hydrogen-bond donors (Lipinski definition) is 4. The van der Waals surface area contributed by atoms with Crippen LogP contribution in [0.2, 0.25) is 0 Å². The van der Waals surface area contributed by atoms with Crippen molar-refractivity contribution in [2.75, 3.05) is 6.61 Å². The molecule has 0 aromatic rings.